The fourth-order valence-corrected chi connectivity index (χ4v) is 3.93. The van der Waals surface area contributed by atoms with E-state index in [0.29, 0.717) is 5.57 Å². The molecule has 0 amide bonds. The normalized spacial score (nSPS) is 43.6. The topological polar surface area (TPSA) is 46.5 Å². The van der Waals surface area contributed by atoms with Gasteiger partial charge in [-0.05, 0) is 32.6 Å². The first-order valence-corrected chi connectivity index (χ1v) is 6.70. The number of carbonyl (C=O) groups excluding carboxylic acids is 1. The van der Waals surface area contributed by atoms with Crippen molar-refractivity contribution >= 4 is 5.97 Å². The summed E-state index contributed by atoms with van der Waals surface area (Å²) in [6, 6.07) is 0. The summed E-state index contributed by atoms with van der Waals surface area (Å²) in [5.41, 5.74) is 3.12. The highest BCUT2D eigenvalue weighted by Crippen LogP contribution is 2.54. The van der Waals surface area contributed by atoms with Gasteiger partial charge in [0, 0.05) is 16.9 Å². The molecule has 98 valence electrons. The molecule has 3 rings (SSSR count). The van der Waals surface area contributed by atoms with Crippen LogP contribution < -0.4 is 0 Å². The van der Waals surface area contributed by atoms with Crippen molar-refractivity contribution < 1.29 is 14.6 Å². The van der Waals surface area contributed by atoms with Gasteiger partial charge in [-0.3, -0.25) is 0 Å². The minimum Gasteiger partial charge on any atom is -0.458 e. The largest absolute Gasteiger partial charge is 0.458 e. The Morgan fingerprint density at radius 3 is 2.94 bits per heavy atom. The summed E-state index contributed by atoms with van der Waals surface area (Å²) >= 11 is 0. The molecular formula is C15H20O3. The van der Waals surface area contributed by atoms with Crippen molar-refractivity contribution in [1.82, 2.24) is 0 Å². The lowest BCUT2D eigenvalue weighted by Gasteiger charge is -2.47. The van der Waals surface area contributed by atoms with Gasteiger partial charge < -0.3 is 9.84 Å². The van der Waals surface area contributed by atoms with Crippen molar-refractivity contribution in [3.63, 3.8) is 0 Å². The van der Waals surface area contributed by atoms with Gasteiger partial charge in [-0.15, -0.1) is 0 Å². The van der Waals surface area contributed by atoms with Gasteiger partial charge >= 0.3 is 5.97 Å². The third-order valence-electron chi connectivity index (χ3n) is 5.20. The number of hydrogen-bond donors (Lipinski definition) is 1. The van der Waals surface area contributed by atoms with Crippen molar-refractivity contribution in [2.24, 2.45) is 11.3 Å². The standard InChI is InChI=1S/C15H20O3/c1-8-4-5-13(16)15(3)7-12-10(6-11(8)15)9(2)14(17)18-12/h10,12-13,16H,2,4-7H2,1,3H3. The molecule has 2 fully saturated rings. The molecule has 3 heteroatoms. The Hall–Kier alpha value is -1.09. The molecule has 2 aliphatic carbocycles. The second-order valence-electron chi connectivity index (χ2n) is 6.21. The van der Waals surface area contributed by atoms with E-state index in [4.69, 9.17) is 4.74 Å². The van der Waals surface area contributed by atoms with Crippen LogP contribution >= 0.6 is 0 Å². The van der Waals surface area contributed by atoms with Gasteiger partial charge in [-0.1, -0.05) is 24.6 Å². The molecule has 3 nitrogen and oxygen atoms in total. The van der Waals surface area contributed by atoms with Gasteiger partial charge in [0.05, 0.1) is 6.10 Å². The molecule has 1 aliphatic heterocycles. The molecule has 4 atom stereocenters. The molecule has 0 aromatic rings. The lowest BCUT2D eigenvalue weighted by atomic mass is 9.59. The fourth-order valence-electron chi connectivity index (χ4n) is 3.93. The molecule has 1 saturated heterocycles. The molecule has 18 heavy (non-hydrogen) atoms. The van der Waals surface area contributed by atoms with E-state index in [1.165, 1.54) is 11.1 Å². The maximum absolute atomic E-state index is 11.6. The predicted octanol–water partition coefficient (Wildman–Crippen LogP) is 2.36. The molecule has 1 heterocycles. The Labute approximate surface area is 108 Å². The van der Waals surface area contributed by atoms with Crippen LogP contribution in [-0.4, -0.2) is 23.3 Å². The van der Waals surface area contributed by atoms with Gasteiger partial charge in [0.1, 0.15) is 6.10 Å². The first-order chi connectivity index (χ1) is 8.43. The highest BCUT2D eigenvalue weighted by molar-refractivity contribution is 5.91. The highest BCUT2D eigenvalue weighted by Gasteiger charge is 2.52. The molecule has 0 aromatic carbocycles. The van der Waals surface area contributed by atoms with Crippen LogP contribution in [0.5, 0.6) is 0 Å². The lowest BCUT2D eigenvalue weighted by molar-refractivity contribution is -0.141. The molecule has 0 aromatic heterocycles. The van der Waals surface area contributed by atoms with E-state index in [-0.39, 0.29) is 29.5 Å². The van der Waals surface area contributed by atoms with Gasteiger partial charge in [-0.25, -0.2) is 4.79 Å². The van der Waals surface area contributed by atoms with Gasteiger partial charge in [0.15, 0.2) is 0 Å². The number of rotatable bonds is 0. The first kappa shape index (κ1) is 12.0. The van der Waals surface area contributed by atoms with E-state index >= 15 is 0 Å². The smallest absolute Gasteiger partial charge is 0.334 e. The number of aliphatic hydroxyl groups is 1. The summed E-state index contributed by atoms with van der Waals surface area (Å²) in [5, 5.41) is 10.3. The lowest BCUT2D eigenvalue weighted by Crippen LogP contribution is -2.45. The minimum absolute atomic E-state index is 0.0840. The quantitative estimate of drug-likeness (QED) is 0.406. The summed E-state index contributed by atoms with van der Waals surface area (Å²) < 4.78 is 5.40. The van der Waals surface area contributed by atoms with Crippen LogP contribution in [0.25, 0.3) is 0 Å². The Bertz CT molecular complexity index is 462. The first-order valence-electron chi connectivity index (χ1n) is 6.70. The van der Waals surface area contributed by atoms with E-state index in [1.807, 2.05) is 0 Å². The minimum atomic E-state index is -0.315. The predicted molar refractivity (Wildman–Crippen MR) is 67.8 cm³/mol. The zero-order valence-electron chi connectivity index (χ0n) is 11.0. The summed E-state index contributed by atoms with van der Waals surface area (Å²) in [7, 11) is 0. The highest BCUT2D eigenvalue weighted by atomic mass is 16.6. The SMILES string of the molecule is C=C1C(=O)OC2CC3(C)C(=C(C)CCC3O)CC12. The summed E-state index contributed by atoms with van der Waals surface area (Å²) in [5.74, 6) is -0.124. The van der Waals surface area contributed by atoms with E-state index in [0.717, 1.165) is 25.7 Å². The van der Waals surface area contributed by atoms with Crippen LogP contribution in [0.3, 0.4) is 0 Å². The Morgan fingerprint density at radius 2 is 2.22 bits per heavy atom. The zero-order chi connectivity index (χ0) is 13.1. The number of allylic oxidation sites excluding steroid dienone is 1. The van der Waals surface area contributed by atoms with Crippen molar-refractivity contribution in [2.75, 3.05) is 0 Å². The Morgan fingerprint density at radius 1 is 1.50 bits per heavy atom. The van der Waals surface area contributed by atoms with Gasteiger partial charge in [0.2, 0.25) is 0 Å². The Kier molecular flexibility index (Phi) is 2.46. The van der Waals surface area contributed by atoms with Crippen LogP contribution in [0.4, 0.5) is 0 Å². The van der Waals surface area contributed by atoms with E-state index in [2.05, 4.69) is 20.4 Å². The van der Waals surface area contributed by atoms with Crippen molar-refractivity contribution in [3.05, 3.63) is 23.3 Å². The van der Waals surface area contributed by atoms with Crippen LogP contribution in [0.15, 0.2) is 23.3 Å². The number of esters is 1. The van der Waals surface area contributed by atoms with Crippen molar-refractivity contribution in [3.8, 4) is 0 Å². The molecule has 0 bridgehead atoms. The second-order valence-corrected chi connectivity index (χ2v) is 6.21. The van der Waals surface area contributed by atoms with E-state index < -0.39 is 0 Å². The van der Waals surface area contributed by atoms with Gasteiger partial charge in [-0.2, -0.15) is 0 Å². The maximum Gasteiger partial charge on any atom is 0.334 e. The third kappa shape index (κ3) is 1.43. The van der Waals surface area contributed by atoms with Gasteiger partial charge in [0.25, 0.3) is 0 Å². The molecule has 4 unspecified atom stereocenters. The second kappa shape index (κ2) is 3.70. The van der Waals surface area contributed by atoms with Crippen molar-refractivity contribution in [2.45, 2.75) is 51.7 Å². The third-order valence-corrected chi connectivity index (χ3v) is 5.20. The number of carbonyl (C=O) groups is 1. The van der Waals surface area contributed by atoms with Crippen LogP contribution in [0, 0.1) is 11.3 Å². The van der Waals surface area contributed by atoms with Crippen LogP contribution in [-0.2, 0) is 9.53 Å². The molecular weight excluding hydrogens is 228 g/mol. The van der Waals surface area contributed by atoms with Crippen LogP contribution in [0.1, 0.15) is 39.5 Å². The number of fused-ring (bicyclic) bond motifs is 2. The number of ether oxygens (including phenoxy) is 1. The number of aliphatic hydroxyl groups excluding tert-OH is 1. The molecule has 0 radical (unpaired) electrons. The molecule has 1 N–H and O–H groups in total. The van der Waals surface area contributed by atoms with E-state index in [1.54, 1.807) is 0 Å². The molecule has 0 spiro atoms. The van der Waals surface area contributed by atoms with Crippen LogP contribution in [0.2, 0.25) is 0 Å². The maximum atomic E-state index is 11.6. The fraction of sp³-hybridized carbons (Fsp3) is 0.667. The Balaban J connectivity index is 2.01. The summed E-state index contributed by atoms with van der Waals surface area (Å²) in [4.78, 5) is 11.6. The summed E-state index contributed by atoms with van der Waals surface area (Å²) in [6.45, 7) is 8.13. The van der Waals surface area contributed by atoms with E-state index in [9.17, 15) is 9.90 Å². The number of hydrogen-bond acceptors (Lipinski definition) is 3. The average Bonchev–Trinajstić information content (AvgIpc) is 2.58. The van der Waals surface area contributed by atoms with Crippen molar-refractivity contribution in [1.29, 1.82) is 0 Å². The molecule has 3 aliphatic rings. The monoisotopic (exact) mass is 248 g/mol. The molecule has 1 saturated carbocycles. The zero-order valence-corrected chi connectivity index (χ0v) is 11.0. The average molecular weight is 248 g/mol. The summed E-state index contributed by atoms with van der Waals surface area (Å²) in [6.07, 6.45) is 2.94.